The standard InChI is InChI=1S/C12H13FN2/c1-4-11-14-8(3)10-6-9(13)5-7(2)12(10)15-11/h5-6H,4H2,1-3H3. The average molecular weight is 204 g/mol. The van der Waals surface area contributed by atoms with Crippen LogP contribution in [0, 0.1) is 19.7 Å². The molecule has 0 spiro atoms. The molecule has 0 bridgehead atoms. The highest BCUT2D eigenvalue weighted by Gasteiger charge is 2.07. The van der Waals surface area contributed by atoms with E-state index in [-0.39, 0.29) is 5.82 Å². The molecule has 0 aliphatic carbocycles. The van der Waals surface area contributed by atoms with Gasteiger partial charge in [-0.15, -0.1) is 0 Å². The minimum absolute atomic E-state index is 0.226. The maximum absolute atomic E-state index is 13.2. The number of hydrogen-bond donors (Lipinski definition) is 0. The maximum atomic E-state index is 13.2. The number of aromatic nitrogens is 2. The predicted molar refractivity (Wildman–Crippen MR) is 58.3 cm³/mol. The molecule has 0 saturated carbocycles. The van der Waals surface area contributed by atoms with Crippen molar-refractivity contribution in [3.05, 3.63) is 35.0 Å². The summed E-state index contributed by atoms with van der Waals surface area (Å²) in [5.74, 6) is 0.589. The molecular formula is C12H13FN2. The number of halogens is 1. The van der Waals surface area contributed by atoms with Gasteiger partial charge in [-0.25, -0.2) is 14.4 Å². The second-order valence-corrected chi connectivity index (χ2v) is 3.70. The van der Waals surface area contributed by atoms with Gasteiger partial charge in [0.1, 0.15) is 11.6 Å². The van der Waals surface area contributed by atoms with Gasteiger partial charge >= 0.3 is 0 Å². The fourth-order valence-electron chi connectivity index (χ4n) is 1.73. The SMILES string of the molecule is CCc1nc(C)c2cc(F)cc(C)c2n1. The van der Waals surface area contributed by atoms with Crippen molar-refractivity contribution >= 4 is 10.9 Å². The number of aryl methyl sites for hydroxylation is 3. The summed E-state index contributed by atoms with van der Waals surface area (Å²) in [5.41, 5.74) is 2.57. The lowest BCUT2D eigenvalue weighted by Gasteiger charge is -2.06. The van der Waals surface area contributed by atoms with Crippen LogP contribution in [0.4, 0.5) is 4.39 Å². The third kappa shape index (κ3) is 1.69. The van der Waals surface area contributed by atoms with Crippen molar-refractivity contribution in [3.8, 4) is 0 Å². The molecule has 78 valence electrons. The van der Waals surface area contributed by atoms with Crippen molar-refractivity contribution in [2.75, 3.05) is 0 Å². The van der Waals surface area contributed by atoms with E-state index < -0.39 is 0 Å². The van der Waals surface area contributed by atoms with E-state index >= 15 is 0 Å². The van der Waals surface area contributed by atoms with Crippen molar-refractivity contribution in [2.24, 2.45) is 0 Å². The van der Waals surface area contributed by atoms with Gasteiger partial charge in [0.2, 0.25) is 0 Å². The van der Waals surface area contributed by atoms with Gasteiger partial charge < -0.3 is 0 Å². The summed E-state index contributed by atoms with van der Waals surface area (Å²) in [6.07, 6.45) is 0.799. The Morgan fingerprint density at radius 1 is 1.20 bits per heavy atom. The van der Waals surface area contributed by atoms with Gasteiger partial charge in [0, 0.05) is 17.5 Å². The second kappa shape index (κ2) is 3.57. The summed E-state index contributed by atoms with van der Waals surface area (Å²) in [7, 11) is 0. The molecule has 2 nitrogen and oxygen atoms in total. The number of fused-ring (bicyclic) bond motifs is 1. The van der Waals surface area contributed by atoms with E-state index in [1.807, 2.05) is 20.8 Å². The van der Waals surface area contributed by atoms with Crippen LogP contribution in [0.1, 0.15) is 24.0 Å². The fraction of sp³-hybridized carbons (Fsp3) is 0.333. The smallest absolute Gasteiger partial charge is 0.129 e. The molecule has 2 aromatic rings. The van der Waals surface area contributed by atoms with Crippen LogP contribution in [0.2, 0.25) is 0 Å². The van der Waals surface area contributed by atoms with Crippen LogP contribution in [0.15, 0.2) is 12.1 Å². The zero-order valence-electron chi connectivity index (χ0n) is 9.13. The molecule has 0 saturated heterocycles. The first kappa shape index (κ1) is 10.0. The lowest BCUT2D eigenvalue weighted by atomic mass is 10.1. The first-order valence-electron chi connectivity index (χ1n) is 5.05. The minimum atomic E-state index is -0.226. The molecule has 0 atom stereocenters. The Balaban J connectivity index is 2.85. The molecule has 0 unspecified atom stereocenters. The number of nitrogens with zero attached hydrogens (tertiary/aromatic N) is 2. The molecule has 1 heterocycles. The number of hydrogen-bond acceptors (Lipinski definition) is 2. The van der Waals surface area contributed by atoms with Gasteiger partial charge in [-0.1, -0.05) is 6.92 Å². The van der Waals surface area contributed by atoms with Crippen LogP contribution in [0.3, 0.4) is 0 Å². The normalized spacial score (nSPS) is 10.9. The van der Waals surface area contributed by atoms with E-state index in [4.69, 9.17) is 0 Å². The molecule has 0 amide bonds. The highest BCUT2D eigenvalue weighted by Crippen LogP contribution is 2.20. The summed E-state index contributed by atoms with van der Waals surface area (Å²) in [4.78, 5) is 8.74. The first-order valence-corrected chi connectivity index (χ1v) is 5.05. The summed E-state index contributed by atoms with van der Waals surface area (Å²) < 4.78 is 13.2. The van der Waals surface area contributed by atoms with Crippen LogP contribution >= 0.6 is 0 Å². The van der Waals surface area contributed by atoms with Crippen molar-refractivity contribution < 1.29 is 4.39 Å². The van der Waals surface area contributed by atoms with E-state index in [1.54, 1.807) is 0 Å². The van der Waals surface area contributed by atoms with E-state index in [9.17, 15) is 4.39 Å². The van der Waals surface area contributed by atoms with E-state index in [2.05, 4.69) is 9.97 Å². The lowest BCUT2D eigenvalue weighted by molar-refractivity contribution is 0.628. The van der Waals surface area contributed by atoms with Crippen LogP contribution < -0.4 is 0 Å². The van der Waals surface area contributed by atoms with Crippen molar-refractivity contribution in [1.29, 1.82) is 0 Å². The van der Waals surface area contributed by atoms with Gasteiger partial charge in [-0.2, -0.15) is 0 Å². The molecule has 3 heteroatoms. The van der Waals surface area contributed by atoms with Crippen molar-refractivity contribution in [1.82, 2.24) is 9.97 Å². The Labute approximate surface area is 88.2 Å². The fourth-order valence-corrected chi connectivity index (χ4v) is 1.73. The van der Waals surface area contributed by atoms with Gasteiger partial charge in [0.05, 0.1) is 5.52 Å². The highest BCUT2D eigenvalue weighted by molar-refractivity contribution is 5.83. The first-order chi connectivity index (χ1) is 7.11. The number of rotatable bonds is 1. The van der Waals surface area contributed by atoms with Crippen LogP contribution in [0.25, 0.3) is 10.9 Å². The Morgan fingerprint density at radius 3 is 2.60 bits per heavy atom. The molecule has 1 aromatic carbocycles. The quantitative estimate of drug-likeness (QED) is 0.713. The van der Waals surface area contributed by atoms with Crippen LogP contribution in [-0.2, 0) is 6.42 Å². The average Bonchev–Trinajstić information content (AvgIpc) is 2.19. The zero-order chi connectivity index (χ0) is 11.0. The lowest BCUT2D eigenvalue weighted by Crippen LogP contribution is -1.98. The van der Waals surface area contributed by atoms with Crippen LogP contribution in [-0.4, -0.2) is 9.97 Å². The predicted octanol–water partition coefficient (Wildman–Crippen LogP) is 2.95. The monoisotopic (exact) mass is 204 g/mol. The second-order valence-electron chi connectivity index (χ2n) is 3.70. The van der Waals surface area contributed by atoms with Crippen molar-refractivity contribution in [2.45, 2.75) is 27.2 Å². The third-order valence-electron chi connectivity index (χ3n) is 2.51. The molecule has 0 aliphatic heterocycles. The minimum Gasteiger partial charge on any atom is -0.238 e. The zero-order valence-corrected chi connectivity index (χ0v) is 9.13. The van der Waals surface area contributed by atoms with Gasteiger partial charge in [-0.3, -0.25) is 0 Å². The summed E-state index contributed by atoms with van der Waals surface area (Å²) in [5, 5.41) is 0.810. The highest BCUT2D eigenvalue weighted by atomic mass is 19.1. The topological polar surface area (TPSA) is 25.8 Å². The largest absolute Gasteiger partial charge is 0.238 e. The summed E-state index contributed by atoms with van der Waals surface area (Å²) in [6, 6.07) is 3.01. The molecule has 0 N–H and O–H groups in total. The van der Waals surface area contributed by atoms with Crippen molar-refractivity contribution in [3.63, 3.8) is 0 Å². The third-order valence-corrected chi connectivity index (χ3v) is 2.51. The van der Waals surface area contributed by atoms with Gasteiger partial charge in [-0.05, 0) is 31.5 Å². The molecule has 2 rings (SSSR count). The molecule has 0 fully saturated rings. The molecular weight excluding hydrogens is 191 g/mol. The summed E-state index contributed by atoms with van der Waals surface area (Å²) >= 11 is 0. The number of benzene rings is 1. The van der Waals surface area contributed by atoms with Gasteiger partial charge in [0.15, 0.2) is 0 Å². The van der Waals surface area contributed by atoms with E-state index in [1.165, 1.54) is 12.1 Å². The molecule has 0 radical (unpaired) electrons. The van der Waals surface area contributed by atoms with Gasteiger partial charge in [0.25, 0.3) is 0 Å². The Hall–Kier alpha value is -1.51. The maximum Gasteiger partial charge on any atom is 0.129 e. The Bertz CT molecular complexity index is 521. The Kier molecular flexibility index (Phi) is 2.39. The molecule has 0 aliphatic rings. The van der Waals surface area contributed by atoms with Crippen LogP contribution in [0.5, 0.6) is 0 Å². The summed E-state index contributed by atoms with van der Waals surface area (Å²) in [6.45, 7) is 5.78. The van der Waals surface area contributed by atoms with E-state index in [0.717, 1.165) is 34.4 Å². The Morgan fingerprint density at radius 2 is 1.93 bits per heavy atom. The van der Waals surface area contributed by atoms with E-state index in [0.29, 0.717) is 0 Å². The molecule has 15 heavy (non-hydrogen) atoms. The molecule has 1 aromatic heterocycles.